The number of carbonyl (C=O) groups excluding carboxylic acids is 1. The molecule has 3 aromatic carbocycles. The zero-order valence-corrected chi connectivity index (χ0v) is 24.3. The Bertz CT molecular complexity index is 1890. The monoisotopic (exact) mass is 565 g/mol. The number of methoxy groups -OCH3 is 1. The predicted octanol–water partition coefficient (Wildman–Crippen LogP) is 4.28. The summed E-state index contributed by atoms with van der Waals surface area (Å²) >= 11 is 1.28. The van der Waals surface area contributed by atoms with Crippen molar-refractivity contribution in [1.82, 2.24) is 9.47 Å². The molecule has 7 nitrogen and oxygen atoms in total. The molecule has 8 heteroatoms. The molecule has 2 heterocycles. The van der Waals surface area contributed by atoms with Gasteiger partial charge in [-0.3, -0.25) is 14.2 Å². The molecule has 1 atom stereocenters. The van der Waals surface area contributed by atoms with Crippen molar-refractivity contribution in [3.8, 4) is 23.8 Å². The van der Waals surface area contributed by atoms with Crippen LogP contribution in [0.4, 0.5) is 0 Å². The normalized spacial score (nSPS) is 14.8. The van der Waals surface area contributed by atoms with Crippen LogP contribution < -0.4 is 24.4 Å². The second kappa shape index (κ2) is 11.9. The van der Waals surface area contributed by atoms with Gasteiger partial charge < -0.3 is 14.4 Å². The Morgan fingerprint density at radius 2 is 1.83 bits per heavy atom. The van der Waals surface area contributed by atoms with Crippen molar-refractivity contribution in [3.63, 3.8) is 0 Å². The molecule has 0 N–H and O–H groups in total. The maximum Gasteiger partial charge on any atom is 0.271 e. The topological polar surface area (TPSA) is 73.1 Å². The van der Waals surface area contributed by atoms with Gasteiger partial charge in [-0.1, -0.05) is 65.8 Å². The average Bonchev–Trinajstić information content (AvgIpc) is 3.29. The summed E-state index contributed by atoms with van der Waals surface area (Å²) in [6.45, 7) is 6.90. The Kier molecular flexibility index (Phi) is 8.09. The molecule has 1 amide bonds. The van der Waals surface area contributed by atoms with Crippen molar-refractivity contribution in [2.45, 2.75) is 26.8 Å². The van der Waals surface area contributed by atoms with Crippen LogP contribution in [-0.2, 0) is 4.79 Å². The van der Waals surface area contributed by atoms with Crippen LogP contribution in [0, 0.1) is 12.3 Å². The van der Waals surface area contributed by atoms with Gasteiger partial charge in [0.15, 0.2) is 4.80 Å². The van der Waals surface area contributed by atoms with E-state index in [-0.39, 0.29) is 18.1 Å². The molecule has 1 aliphatic heterocycles. The summed E-state index contributed by atoms with van der Waals surface area (Å²) in [7, 11) is 1.60. The lowest BCUT2D eigenvalue weighted by Crippen LogP contribution is -2.43. The number of rotatable bonds is 8. The lowest BCUT2D eigenvalue weighted by atomic mass is 9.90. The maximum atomic E-state index is 14.3. The number of nitrogens with zero attached hydrogens (tertiary/aromatic N) is 3. The lowest BCUT2D eigenvalue weighted by molar-refractivity contribution is -0.127. The highest BCUT2D eigenvalue weighted by molar-refractivity contribution is 7.07. The molecule has 1 aliphatic rings. The third-order valence-corrected chi connectivity index (χ3v) is 8.23. The number of hydrogen-bond acceptors (Lipinski definition) is 6. The summed E-state index contributed by atoms with van der Waals surface area (Å²) in [6, 6.07) is 18.5. The number of amides is 1. The minimum atomic E-state index is -0.740. The third-order valence-electron chi connectivity index (χ3n) is 7.24. The molecule has 1 unspecified atom stereocenters. The largest absolute Gasteiger partial charge is 0.496 e. The van der Waals surface area contributed by atoms with Crippen molar-refractivity contribution in [1.29, 1.82) is 0 Å². The zero-order chi connectivity index (χ0) is 29.1. The molecule has 0 fully saturated rings. The number of fused-ring (bicyclic) bond motifs is 2. The highest BCUT2D eigenvalue weighted by Gasteiger charge is 2.36. The average molecular weight is 566 g/mol. The van der Waals surface area contributed by atoms with Gasteiger partial charge >= 0.3 is 0 Å². The first-order valence-corrected chi connectivity index (χ1v) is 14.3. The number of thiazole rings is 1. The van der Waals surface area contributed by atoms with Gasteiger partial charge in [-0.25, -0.2) is 4.99 Å². The van der Waals surface area contributed by atoms with Gasteiger partial charge in [-0.05, 0) is 49.8 Å². The maximum absolute atomic E-state index is 14.3. The SMILES string of the molecule is C#CCOc1ccccc1/C=c1\sc2n(c1=O)C(c1c(OC)ccc3ccccc13)C(C(=O)N(CC)CC)=C(C)N=2. The van der Waals surface area contributed by atoms with Crippen LogP contribution in [0.3, 0.4) is 0 Å². The summed E-state index contributed by atoms with van der Waals surface area (Å²) in [6.07, 6.45) is 7.19. The molecule has 41 heavy (non-hydrogen) atoms. The molecule has 0 aliphatic carbocycles. The van der Waals surface area contributed by atoms with Crippen LogP contribution in [0.15, 0.2) is 81.7 Å². The number of aromatic nitrogens is 1. The second-order valence-electron chi connectivity index (χ2n) is 9.49. The number of allylic oxidation sites excluding steroid dienone is 1. The van der Waals surface area contributed by atoms with Crippen LogP contribution >= 0.6 is 11.3 Å². The van der Waals surface area contributed by atoms with Crippen LogP contribution in [-0.4, -0.2) is 42.2 Å². The fourth-order valence-corrected chi connectivity index (χ4v) is 6.31. The smallest absolute Gasteiger partial charge is 0.271 e. The van der Waals surface area contributed by atoms with Gasteiger partial charge in [0, 0.05) is 24.2 Å². The standard InChI is InChI=1S/C33H31N3O4S/c1-6-19-40-25-16-12-10-14-23(25)20-27-31(37)36-30(29-24-15-11-9-13-22(24)17-18-26(29)39-5)28(21(4)34-33(36)41-27)32(38)35(7-2)8-3/h1,9-18,20,30H,7-8,19H2,2-5H3/b27-20-. The molecule has 0 saturated carbocycles. The van der Waals surface area contributed by atoms with Crippen molar-refractivity contribution >= 4 is 34.1 Å². The van der Waals surface area contributed by atoms with E-state index >= 15 is 0 Å². The van der Waals surface area contributed by atoms with Crippen LogP contribution in [0.25, 0.3) is 16.8 Å². The van der Waals surface area contributed by atoms with E-state index in [9.17, 15) is 9.59 Å². The van der Waals surface area contributed by atoms with Gasteiger partial charge in [0.1, 0.15) is 24.1 Å². The van der Waals surface area contributed by atoms with E-state index in [4.69, 9.17) is 20.9 Å². The molecule has 0 saturated heterocycles. The van der Waals surface area contributed by atoms with Crippen LogP contribution in [0.1, 0.15) is 37.9 Å². The number of hydrogen-bond donors (Lipinski definition) is 0. The summed E-state index contributed by atoms with van der Waals surface area (Å²) < 4.78 is 13.7. The molecular formula is C33H31N3O4S. The summed E-state index contributed by atoms with van der Waals surface area (Å²) in [5.74, 6) is 3.50. The van der Waals surface area contributed by atoms with Crippen molar-refractivity contribution < 1.29 is 14.3 Å². The van der Waals surface area contributed by atoms with Crippen molar-refractivity contribution in [2.75, 3.05) is 26.8 Å². The van der Waals surface area contributed by atoms with Crippen LogP contribution in [0.5, 0.6) is 11.5 Å². The Morgan fingerprint density at radius 1 is 1.10 bits per heavy atom. The quantitative estimate of drug-likeness (QED) is 0.299. The fraction of sp³-hybridized carbons (Fsp3) is 0.242. The van der Waals surface area contributed by atoms with E-state index in [2.05, 4.69) is 5.92 Å². The first-order valence-electron chi connectivity index (χ1n) is 13.5. The fourth-order valence-electron chi connectivity index (χ4n) is 5.28. The predicted molar refractivity (Wildman–Crippen MR) is 163 cm³/mol. The third kappa shape index (κ3) is 5.05. The van der Waals surface area contributed by atoms with E-state index in [0.29, 0.717) is 45.2 Å². The Hall–Kier alpha value is -4.61. The molecular weight excluding hydrogens is 534 g/mol. The first kappa shape index (κ1) is 27.9. The minimum absolute atomic E-state index is 0.114. The van der Waals surface area contributed by atoms with E-state index in [1.165, 1.54) is 11.3 Å². The molecule has 208 valence electrons. The van der Waals surface area contributed by atoms with E-state index in [1.807, 2.05) is 81.4 Å². The van der Waals surface area contributed by atoms with Crippen molar-refractivity contribution in [2.24, 2.45) is 4.99 Å². The number of para-hydroxylation sites is 1. The molecule has 4 aromatic rings. The Labute approximate surface area is 242 Å². The first-order chi connectivity index (χ1) is 19.9. The van der Waals surface area contributed by atoms with Gasteiger partial charge in [-0.15, -0.1) is 6.42 Å². The molecule has 0 radical (unpaired) electrons. The zero-order valence-electron chi connectivity index (χ0n) is 23.5. The molecule has 5 rings (SSSR count). The van der Waals surface area contributed by atoms with E-state index in [1.54, 1.807) is 22.7 Å². The minimum Gasteiger partial charge on any atom is -0.496 e. The molecule has 1 aromatic heterocycles. The van der Waals surface area contributed by atoms with Gasteiger partial charge in [0.2, 0.25) is 0 Å². The van der Waals surface area contributed by atoms with Gasteiger partial charge in [0.05, 0.1) is 22.9 Å². The molecule has 0 spiro atoms. The number of benzene rings is 3. The van der Waals surface area contributed by atoms with Crippen molar-refractivity contribution in [3.05, 3.63) is 103 Å². The lowest BCUT2D eigenvalue weighted by Gasteiger charge is -2.30. The highest BCUT2D eigenvalue weighted by Crippen LogP contribution is 2.40. The highest BCUT2D eigenvalue weighted by atomic mass is 32.1. The van der Waals surface area contributed by atoms with Crippen LogP contribution in [0.2, 0.25) is 0 Å². The number of carbonyl (C=O) groups is 1. The molecule has 0 bridgehead atoms. The second-order valence-corrected chi connectivity index (χ2v) is 10.5. The Balaban J connectivity index is 1.83. The van der Waals surface area contributed by atoms with Gasteiger partial charge in [-0.2, -0.15) is 0 Å². The Morgan fingerprint density at radius 3 is 2.56 bits per heavy atom. The van der Waals surface area contributed by atoms with E-state index in [0.717, 1.165) is 21.9 Å². The van der Waals surface area contributed by atoms with E-state index < -0.39 is 6.04 Å². The summed E-state index contributed by atoms with van der Waals surface area (Å²) in [4.78, 5) is 35.4. The number of ether oxygens (including phenoxy) is 2. The summed E-state index contributed by atoms with van der Waals surface area (Å²) in [5, 5.41) is 1.88. The number of terminal acetylenes is 1. The summed E-state index contributed by atoms with van der Waals surface area (Å²) in [5.41, 5.74) is 2.26. The number of likely N-dealkylation sites (N-methyl/N-ethyl adjacent to an activating group) is 1. The van der Waals surface area contributed by atoms with Gasteiger partial charge in [0.25, 0.3) is 11.5 Å².